The van der Waals surface area contributed by atoms with E-state index in [1.807, 2.05) is 0 Å². The molecule has 0 amide bonds. The smallest absolute Gasteiger partial charge is 0.0544 e. The van der Waals surface area contributed by atoms with Gasteiger partial charge in [0.05, 0.1) is 5.54 Å². The fourth-order valence-electron chi connectivity index (χ4n) is 8.33. The summed E-state index contributed by atoms with van der Waals surface area (Å²) < 4.78 is 0. The van der Waals surface area contributed by atoms with Crippen molar-refractivity contribution in [1.29, 1.82) is 0 Å². The lowest BCUT2D eigenvalue weighted by atomic mass is 9.42. The topological polar surface area (TPSA) is 48.8 Å². The highest BCUT2D eigenvalue weighted by molar-refractivity contribution is 5.16. The Kier molecular flexibility index (Phi) is 3.95. The lowest BCUT2D eigenvalue weighted by Gasteiger charge is -2.64. The minimum absolute atomic E-state index is 0.0718. The lowest BCUT2D eigenvalue weighted by Crippen LogP contribution is -2.60. The molecule has 24 heavy (non-hydrogen) atoms. The van der Waals surface area contributed by atoms with Gasteiger partial charge in [0, 0.05) is 4.91 Å². The van der Waals surface area contributed by atoms with Crippen LogP contribution in [0.2, 0.25) is 0 Å². The van der Waals surface area contributed by atoms with Gasteiger partial charge in [0.1, 0.15) is 0 Å². The van der Waals surface area contributed by atoms with Crippen molar-refractivity contribution in [1.82, 2.24) is 0 Å². The third kappa shape index (κ3) is 2.00. The van der Waals surface area contributed by atoms with Crippen LogP contribution in [0.3, 0.4) is 0 Å². The van der Waals surface area contributed by atoms with Crippen LogP contribution in [-0.4, -0.2) is 5.54 Å². The first-order valence-corrected chi connectivity index (χ1v) is 10.6. The molecule has 0 aromatic heterocycles. The van der Waals surface area contributed by atoms with Gasteiger partial charge in [-0.25, -0.2) is 0 Å². The van der Waals surface area contributed by atoms with Crippen molar-refractivity contribution in [2.45, 2.75) is 96.9 Å². The molecule has 0 N–H and O–H groups in total. The number of hydrogen-bond donors (Lipinski definition) is 0. The van der Waals surface area contributed by atoms with E-state index < -0.39 is 0 Å². The second-order valence-electron chi connectivity index (χ2n) is 9.99. The summed E-state index contributed by atoms with van der Waals surface area (Å²) in [6.07, 6.45) is 14.6. The van der Waals surface area contributed by atoms with Gasteiger partial charge in [-0.1, -0.05) is 45.1 Å². The van der Waals surface area contributed by atoms with Crippen molar-refractivity contribution in [2.75, 3.05) is 0 Å². The third-order valence-electron chi connectivity index (χ3n) is 9.67. The zero-order chi connectivity index (χ0) is 17.0. The average molecular weight is 330 g/mol. The molecule has 4 fully saturated rings. The molecule has 4 aliphatic carbocycles. The molecule has 3 heteroatoms. The second kappa shape index (κ2) is 5.66. The van der Waals surface area contributed by atoms with Gasteiger partial charge in [0.2, 0.25) is 0 Å². The van der Waals surface area contributed by atoms with Crippen LogP contribution in [0.4, 0.5) is 0 Å². The van der Waals surface area contributed by atoms with Gasteiger partial charge in [-0.3, -0.25) is 0 Å². The predicted octanol–water partition coefficient (Wildman–Crippen LogP) is 6.88. The summed E-state index contributed by atoms with van der Waals surface area (Å²) in [6, 6.07) is 0. The maximum atomic E-state index is 9.28. The monoisotopic (exact) mass is 329 g/mol. The quantitative estimate of drug-likeness (QED) is 0.301. The molecule has 4 rings (SSSR count). The summed E-state index contributed by atoms with van der Waals surface area (Å²) in [5.41, 5.74) is 10.1. The molecule has 0 aromatic rings. The highest BCUT2D eigenvalue weighted by Crippen LogP contribution is 2.69. The molecular formula is C21H35N3. The van der Waals surface area contributed by atoms with E-state index in [0.29, 0.717) is 5.41 Å². The molecule has 4 saturated carbocycles. The van der Waals surface area contributed by atoms with Gasteiger partial charge in [-0.2, -0.15) is 0 Å². The molecular weight excluding hydrogens is 294 g/mol. The van der Waals surface area contributed by atoms with E-state index in [9.17, 15) is 5.53 Å². The van der Waals surface area contributed by atoms with Crippen LogP contribution < -0.4 is 0 Å². The summed E-state index contributed by atoms with van der Waals surface area (Å²) in [4.78, 5) is 3.35. The van der Waals surface area contributed by atoms with Crippen molar-refractivity contribution in [3.63, 3.8) is 0 Å². The van der Waals surface area contributed by atoms with Crippen LogP contribution in [0.25, 0.3) is 10.4 Å². The lowest BCUT2D eigenvalue weighted by molar-refractivity contribution is -0.121. The minimum atomic E-state index is -0.0718. The van der Waals surface area contributed by atoms with Gasteiger partial charge in [0.15, 0.2) is 0 Å². The summed E-state index contributed by atoms with van der Waals surface area (Å²) in [5.74, 6) is 3.58. The van der Waals surface area contributed by atoms with E-state index in [1.165, 1.54) is 57.8 Å². The van der Waals surface area contributed by atoms with Crippen molar-refractivity contribution in [2.24, 2.45) is 39.6 Å². The van der Waals surface area contributed by atoms with Crippen LogP contribution in [0.1, 0.15) is 91.4 Å². The Morgan fingerprint density at radius 3 is 2.50 bits per heavy atom. The summed E-state index contributed by atoms with van der Waals surface area (Å²) >= 11 is 0. The normalized spacial score (nSPS) is 53.5. The van der Waals surface area contributed by atoms with Crippen molar-refractivity contribution in [3.8, 4) is 0 Å². The van der Waals surface area contributed by atoms with Gasteiger partial charge in [0.25, 0.3) is 0 Å². The van der Waals surface area contributed by atoms with Crippen molar-refractivity contribution >= 4 is 0 Å². The van der Waals surface area contributed by atoms with Crippen LogP contribution in [0.15, 0.2) is 5.11 Å². The highest BCUT2D eigenvalue weighted by Gasteiger charge is 2.63. The van der Waals surface area contributed by atoms with E-state index in [2.05, 4.69) is 30.8 Å². The first kappa shape index (κ1) is 16.8. The molecule has 134 valence electrons. The average Bonchev–Trinajstić information content (AvgIpc) is 2.92. The number of fused-ring (bicyclic) bond motifs is 5. The summed E-state index contributed by atoms with van der Waals surface area (Å²) in [7, 11) is 0. The highest BCUT2D eigenvalue weighted by atomic mass is 15.2. The Balaban J connectivity index is 1.69. The third-order valence-corrected chi connectivity index (χ3v) is 9.67. The minimum Gasteiger partial charge on any atom is -0.0867 e. The van der Waals surface area contributed by atoms with E-state index in [1.54, 1.807) is 0 Å². The molecule has 0 saturated heterocycles. The number of nitrogens with zero attached hydrogens (tertiary/aromatic N) is 3. The molecule has 7 atom stereocenters. The Morgan fingerprint density at radius 2 is 1.75 bits per heavy atom. The van der Waals surface area contributed by atoms with Gasteiger partial charge >= 0.3 is 0 Å². The molecule has 0 radical (unpaired) electrons. The predicted molar refractivity (Wildman–Crippen MR) is 98.5 cm³/mol. The zero-order valence-corrected chi connectivity index (χ0v) is 15.9. The summed E-state index contributed by atoms with van der Waals surface area (Å²) in [5, 5.41) is 4.51. The largest absolute Gasteiger partial charge is 0.0867 e. The van der Waals surface area contributed by atoms with E-state index in [4.69, 9.17) is 0 Å². The van der Waals surface area contributed by atoms with Crippen LogP contribution in [-0.2, 0) is 0 Å². The van der Waals surface area contributed by atoms with Gasteiger partial charge in [-0.15, -0.1) is 0 Å². The summed E-state index contributed by atoms with van der Waals surface area (Å²) in [6.45, 7) is 7.53. The molecule has 0 unspecified atom stereocenters. The molecule has 3 nitrogen and oxygen atoms in total. The fourth-order valence-corrected chi connectivity index (χ4v) is 8.33. The van der Waals surface area contributed by atoms with E-state index in [-0.39, 0.29) is 11.0 Å². The van der Waals surface area contributed by atoms with Crippen molar-refractivity contribution < 1.29 is 0 Å². The Morgan fingerprint density at radius 1 is 0.958 bits per heavy atom. The van der Waals surface area contributed by atoms with Gasteiger partial charge in [-0.05, 0) is 91.4 Å². The maximum Gasteiger partial charge on any atom is 0.0544 e. The number of rotatable bonds is 2. The van der Waals surface area contributed by atoms with Crippen molar-refractivity contribution in [3.05, 3.63) is 10.4 Å². The number of hydrogen-bond acceptors (Lipinski definition) is 1. The second-order valence-corrected chi connectivity index (χ2v) is 9.99. The van der Waals surface area contributed by atoms with Crippen LogP contribution in [0.5, 0.6) is 0 Å². The first-order valence-electron chi connectivity index (χ1n) is 10.6. The molecule has 4 aliphatic rings. The van der Waals surface area contributed by atoms with E-state index >= 15 is 0 Å². The van der Waals surface area contributed by atoms with Crippen LogP contribution in [0, 0.1) is 34.5 Å². The molecule has 0 aliphatic heterocycles. The number of azide groups is 1. The van der Waals surface area contributed by atoms with E-state index in [0.717, 1.165) is 36.5 Å². The maximum absolute atomic E-state index is 9.28. The molecule has 0 aromatic carbocycles. The molecule has 0 bridgehead atoms. The Labute approximate surface area is 147 Å². The SMILES string of the molecule is CC[C@H]1CC[C@H]2[C@@H]3CC[C@@]4(N=[N+]=[N-])CCCC[C@]4(C)[C@H]3CC[C@]12C. The molecule has 0 spiro atoms. The first-order chi connectivity index (χ1) is 11.5. The molecule has 0 heterocycles. The Hall–Kier alpha value is -0.690. The fraction of sp³-hybridized carbons (Fsp3) is 1.00. The van der Waals surface area contributed by atoms with Crippen LogP contribution >= 0.6 is 0 Å². The van der Waals surface area contributed by atoms with Gasteiger partial charge < -0.3 is 0 Å². The Bertz CT molecular complexity index is 553. The standard InChI is InChI=1S/C21H35N3/c1-4-15-7-8-17-16-9-14-21(23-24-22)12-6-5-11-20(21,3)18(16)10-13-19(15,17)2/h15-18H,4-14H2,1-3H3/t15-,16-,17-,18-,19+,20+,21-/m0/s1. The zero-order valence-electron chi connectivity index (χ0n) is 15.9.